The first-order chi connectivity index (χ1) is 10.2. The smallest absolute Gasteiger partial charge is 0.225 e. The molecular weight excluding hydrogens is 260 g/mol. The molecule has 1 unspecified atom stereocenters. The summed E-state index contributed by atoms with van der Waals surface area (Å²) in [5.41, 5.74) is 2.47. The second-order valence-corrected chi connectivity index (χ2v) is 6.10. The Hall–Kier alpha value is -1.77. The summed E-state index contributed by atoms with van der Waals surface area (Å²) in [5.74, 6) is 1.00. The number of nitrogens with one attached hydrogen (secondary N) is 1. The first-order valence-electron chi connectivity index (χ1n) is 8.09. The summed E-state index contributed by atoms with van der Waals surface area (Å²) in [6, 6.07) is 10.6. The summed E-state index contributed by atoms with van der Waals surface area (Å²) in [4.78, 5) is 18.1. The van der Waals surface area contributed by atoms with E-state index in [4.69, 9.17) is 0 Å². The zero-order valence-electron chi connectivity index (χ0n) is 12.9. The van der Waals surface area contributed by atoms with E-state index in [1.54, 1.807) is 0 Å². The Balaban J connectivity index is 1.73. The van der Waals surface area contributed by atoms with Crippen molar-refractivity contribution in [2.75, 3.05) is 13.1 Å². The van der Waals surface area contributed by atoms with E-state index >= 15 is 0 Å². The van der Waals surface area contributed by atoms with Gasteiger partial charge in [0, 0.05) is 36.1 Å². The van der Waals surface area contributed by atoms with Crippen LogP contribution < -0.4 is 0 Å². The second-order valence-electron chi connectivity index (χ2n) is 6.10. The third-order valence-corrected chi connectivity index (χ3v) is 4.83. The summed E-state index contributed by atoms with van der Waals surface area (Å²) < 4.78 is 0. The van der Waals surface area contributed by atoms with Gasteiger partial charge in [-0.05, 0) is 36.8 Å². The molecule has 0 bridgehead atoms. The predicted octanol–water partition coefficient (Wildman–Crippen LogP) is 3.92. The van der Waals surface area contributed by atoms with Gasteiger partial charge in [-0.3, -0.25) is 4.79 Å². The SMILES string of the molecule is CCC(CC)C(=O)N1CCC(c2cc3ccccc3[nH]2)C1. The van der Waals surface area contributed by atoms with E-state index in [-0.39, 0.29) is 5.92 Å². The van der Waals surface area contributed by atoms with Gasteiger partial charge in [0.2, 0.25) is 5.91 Å². The van der Waals surface area contributed by atoms with Crippen molar-refractivity contribution in [1.82, 2.24) is 9.88 Å². The largest absolute Gasteiger partial charge is 0.358 e. The molecule has 0 spiro atoms. The fourth-order valence-electron chi connectivity index (χ4n) is 3.43. The van der Waals surface area contributed by atoms with E-state index < -0.39 is 0 Å². The number of hydrogen-bond acceptors (Lipinski definition) is 1. The van der Waals surface area contributed by atoms with Gasteiger partial charge in [-0.15, -0.1) is 0 Å². The number of aromatic amines is 1. The van der Waals surface area contributed by atoms with Crippen LogP contribution in [0.3, 0.4) is 0 Å². The Morgan fingerprint density at radius 3 is 2.81 bits per heavy atom. The van der Waals surface area contributed by atoms with Crippen molar-refractivity contribution in [3.05, 3.63) is 36.0 Å². The van der Waals surface area contributed by atoms with Gasteiger partial charge in [-0.25, -0.2) is 0 Å². The molecular formula is C18H24N2O. The van der Waals surface area contributed by atoms with Crippen molar-refractivity contribution in [2.45, 2.75) is 39.0 Å². The molecule has 21 heavy (non-hydrogen) atoms. The van der Waals surface area contributed by atoms with Crippen LogP contribution in [-0.4, -0.2) is 28.9 Å². The number of likely N-dealkylation sites (tertiary alicyclic amines) is 1. The Morgan fingerprint density at radius 1 is 1.33 bits per heavy atom. The van der Waals surface area contributed by atoms with Crippen molar-refractivity contribution in [3.8, 4) is 0 Å². The predicted molar refractivity (Wildman–Crippen MR) is 86.3 cm³/mol. The van der Waals surface area contributed by atoms with Gasteiger partial charge in [0.25, 0.3) is 0 Å². The lowest BCUT2D eigenvalue weighted by Crippen LogP contribution is -2.33. The van der Waals surface area contributed by atoms with Crippen LogP contribution in [0.15, 0.2) is 30.3 Å². The highest BCUT2D eigenvalue weighted by atomic mass is 16.2. The Kier molecular flexibility index (Phi) is 4.00. The number of carbonyl (C=O) groups is 1. The highest BCUT2D eigenvalue weighted by molar-refractivity contribution is 5.81. The first kappa shape index (κ1) is 14.2. The molecule has 0 saturated carbocycles. The van der Waals surface area contributed by atoms with E-state index in [1.807, 2.05) is 0 Å². The van der Waals surface area contributed by atoms with E-state index in [0.29, 0.717) is 11.8 Å². The number of nitrogens with zero attached hydrogens (tertiary/aromatic N) is 1. The normalized spacial score (nSPS) is 18.8. The van der Waals surface area contributed by atoms with E-state index in [9.17, 15) is 4.79 Å². The molecule has 3 nitrogen and oxygen atoms in total. The van der Waals surface area contributed by atoms with Gasteiger partial charge < -0.3 is 9.88 Å². The van der Waals surface area contributed by atoms with Crippen LogP contribution in [0.2, 0.25) is 0 Å². The third kappa shape index (κ3) is 2.69. The molecule has 1 aliphatic heterocycles. The number of benzene rings is 1. The zero-order chi connectivity index (χ0) is 14.8. The first-order valence-corrected chi connectivity index (χ1v) is 8.09. The van der Waals surface area contributed by atoms with Crippen LogP contribution in [0, 0.1) is 5.92 Å². The van der Waals surface area contributed by atoms with Gasteiger partial charge in [0.15, 0.2) is 0 Å². The highest BCUT2D eigenvalue weighted by Gasteiger charge is 2.30. The fraction of sp³-hybridized carbons (Fsp3) is 0.500. The van der Waals surface area contributed by atoms with Crippen LogP contribution in [-0.2, 0) is 4.79 Å². The van der Waals surface area contributed by atoms with Crippen molar-refractivity contribution in [3.63, 3.8) is 0 Å². The van der Waals surface area contributed by atoms with Gasteiger partial charge in [-0.1, -0.05) is 32.0 Å². The minimum Gasteiger partial charge on any atom is -0.358 e. The molecule has 112 valence electrons. The molecule has 1 N–H and O–H groups in total. The number of hydrogen-bond donors (Lipinski definition) is 1. The summed E-state index contributed by atoms with van der Waals surface area (Å²) in [6.07, 6.45) is 2.96. The van der Waals surface area contributed by atoms with Gasteiger partial charge >= 0.3 is 0 Å². The molecule has 0 radical (unpaired) electrons. The molecule has 2 aromatic rings. The lowest BCUT2D eigenvalue weighted by atomic mass is 10.0. The topological polar surface area (TPSA) is 36.1 Å². The maximum atomic E-state index is 12.5. The molecule has 3 rings (SSSR count). The number of H-pyrrole nitrogens is 1. The summed E-state index contributed by atoms with van der Waals surface area (Å²) in [7, 11) is 0. The molecule has 1 aromatic carbocycles. The molecule has 1 fully saturated rings. The molecule has 1 aliphatic rings. The summed E-state index contributed by atoms with van der Waals surface area (Å²) in [6.45, 7) is 5.98. The van der Waals surface area contributed by atoms with Crippen molar-refractivity contribution < 1.29 is 4.79 Å². The van der Waals surface area contributed by atoms with Gasteiger partial charge in [-0.2, -0.15) is 0 Å². The molecule has 1 saturated heterocycles. The Labute approximate surface area is 126 Å². The fourth-order valence-corrected chi connectivity index (χ4v) is 3.43. The van der Waals surface area contributed by atoms with E-state index in [2.05, 4.69) is 54.1 Å². The van der Waals surface area contributed by atoms with Gasteiger partial charge in [0.05, 0.1) is 0 Å². The molecule has 0 aliphatic carbocycles. The standard InChI is InChI=1S/C18H24N2O/c1-3-13(4-2)18(21)20-10-9-15(12-20)17-11-14-7-5-6-8-16(14)19-17/h5-8,11,13,15,19H,3-4,9-10,12H2,1-2H3. The monoisotopic (exact) mass is 284 g/mol. The maximum absolute atomic E-state index is 12.5. The summed E-state index contributed by atoms with van der Waals surface area (Å²) >= 11 is 0. The minimum atomic E-state index is 0.200. The van der Waals surface area contributed by atoms with E-state index in [0.717, 1.165) is 32.4 Å². The van der Waals surface area contributed by atoms with Crippen LogP contribution >= 0.6 is 0 Å². The zero-order valence-corrected chi connectivity index (χ0v) is 12.9. The number of para-hydroxylation sites is 1. The van der Waals surface area contributed by atoms with E-state index in [1.165, 1.54) is 16.6 Å². The molecule has 1 aromatic heterocycles. The van der Waals surface area contributed by atoms with Crippen LogP contribution in [0.1, 0.15) is 44.7 Å². The average molecular weight is 284 g/mol. The van der Waals surface area contributed by atoms with Crippen molar-refractivity contribution >= 4 is 16.8 Å². The number of aromatic nitrogens is 1. The number of amides is 1. The molecule has 2 heterocycles. The minimum absolute atomic E-state index is 0.200. The Bertz CT molecular complexity index is 594. The van der Waals surface area contributed by atoms with Crippen LogP contribution in [0.25, 0.3) is 10.9 Å². The lowest BCUT2D eigenvalue weighted by molar-refractivity contribution is -0.134. The summed E-state index contributed by atoms with van der Waals surface area (Å²) in [5, 5.41) is 1.26. The third-order valence-electron chi connectivity index (χ3n) is 4.83. The average Bonchev–Trinajstić information content (AvgIpc) is 3.14. The number of rotatable bonds is 4. The number of fused-ring (bicyclic) bond motifs is 1. The quantitative estimate of drug-likeness (QED) is 0.907. The van der Waals surface area contributed by atoms with Crippen molar-refractivity contribution in [1.29, 1.82) is 0 Å². The lowest BCUT2D eigenvalue weighted by Gasteiger charge is -2.21. The highest BCUT2D eigenvalue weighted by Crippen LogP contribution is 2.30. The van der Waals surface area contributed by atoms with Crippen LogP contribution in [0.5, 0.6) is 0 Å². The van der Waals surface area contributed by atoms with Crippen molar-refractivity contribution in [2.24, 2.45) is 5.92 Å². The molecule has 1 amide bonds. The number of carbonyl (C=O) groups excluding carboxylic acids is 1. The van der Waals surface area contributed by atoms with Gasteiger partial charge in [0.1, 0.15) is 0 Å². The maximum Gasteiger partial charge on any atom is 0.225 e. The molecule has 1 atom stereocenters. The van der Waals surface area contributed by atoms with Crippen LogP contribution in [0.4, 0.5) is 0 Å². The Morgan fingerprint density at radius 2 is 2.10 bits per heavy atom. The second kappa shape index (κ2) is 5.92. The molecule has 3 heteroatoms.